The number of nitrogens with two attached hydrogens (primary N) is 1. The van der Waals surface area contributed by atoms with E-state index in [1.165, 1.54) is 7.11 Å². The lowest BCUT2D eigenvalue weighted by Crippen LogP contribution is -2.06. The van der Waals surface area contributed by atoms with E-state index in [1.54, 1.807) is 19.1 Å². The molecule has 0 aliphatic rings. The molecular weight excluding hydrogens is 170 g/mol. The predicted octanol–water partition coefficient (Wildman–Crippen LogP) is 1.28. The van der Waals surface area contributed by atoms with E-state index in [9.17, 15) is 4.79 Å². The van der Waals surface area contributed by atoms with Gasteiger partial charge >= 0.3 is 5.97 Å². The highest BCUT2D eigenvalue weighted by atomic mass is 16.5. The molecule has 0 spiro atoms. The van der Waals surface area contributed by atoms with Crippen molar-refractivity contribution in [3.63, 3.8) is 0 Å². The van der Waals surface area contributed by atoms with Crippen LogP contribution in [0.25, 0.3) is 0 Å². The van der Waals surface area contributed by atoms with E-state index in [2.05, 4.69) is 0 Å². The number of methoxy groups -OCH3 is 1. The Kier molecular flexibility index (Phi) is 2.41. The Morgan fingerprint density at radius 1 is 1.54 bits per heavy atom. The van der Waals surface area contributed by atoms with Gasteiger partial charge in [0.05, 0.1) is 12.8 Å². The van der Waals surface area contributed by atoms with Crippen LogP contribution >= 0.6 is 0 Å². The molecule has 0 heterocycles. The molecule has 3 N–H and O–H groups in total. The molecule has 0 aliphatic carbocycles. The first kappa shape index (κ1) is 9.38. The van der Waals surface area contributed by atoms with Gasteiger partial charge in [0, 0.05) is 0 Å². The zero-order chi connectivity index (χ0) is 10.0. The third-order valence-electron chi connectivity index (χ3n) is 1.86. The minimum absolute atomic E-state index is 0.0301. The summed E-state index contributed by atoms with van der Waals surface area (Å²) in [5, 5.41) is 8.84. The molecule has 0 saturated carbocycles. The van der Waals surface area contributed by atoms with Crippen molar-refractivity contribution in [2.45, 2.75) is 6.92 Å². The highest BCUT2D eigenvalue weighted by Gasteiger charge is 2.15. The SMILES string of the molecule is COc1ccc(C)c(N)c1C(=O)O. The second-order valence-corrected chi connectivity index (χ2v) is 2.68. The lowest BCUT2D eigenvalue weighted by molar-refractivity contribution is 0.0694. The summed E-state index contributed by atoms with van der Waals surface area (Å²) in [5.41, 5.74) is 6.62. The van der Waals surface area contributed by atoms with Crippen molar-refractivity contribution in [1.82, 2.24) is 0 Å². The van der Waals surface area contributed by atoms with Crippen LogP contribution in [0.5, 0.6) is 5.75 Å². The Balaban J connectivity index is 3.41. The van der Waals surface area contributed by atoms with E-state index < -0.39 is 5.97 Å². The Morgan fingerprint density at radius 3 is 2.62 bits per heavy atom. The first-order chi connectivity index (χ1) is 6.07. The fourth-order valence-electron chi connectivity index (χ4n) is 1.09. The normalized spacial score (nSPS) is 9.69. The van der Waals surface area contributed by atoms with Crippen molar-refractivity contribution in [2.75, 3.05) is 12.8 Å². The van der Waals surface area contributed by atoms with Crippen LogP contribution in [0.15, 0.2) is 12.1 Å². The number of rotatable bonds is 2. The number of hydrogen-bond acceptors (Lipinski definition) is 3. The Bertz CT molecular complexity index is 347. The number of aryl methyl sites for hydroxylation is 1. The first-order valence-electron chi connectivity index (χ1n) is 3.74. The zero-order valence-electron chi connectivity index (χ0n) is 7.50. The van der Waals surface area contributed by atoms with Crippen molar-refractivity contribution in [3.05, 3.63) is 23.3 Å². The lowest BCUT2D eigenvalue weighted by atomic mass is 10.1. The average molecular weight is 181 g/mol. The number of anilines is 1. The molecule has 0 fully saturated rings. The van der Waals surface area contributed by atoms with Crippen LogP contribution in [0.1, 0.15) is 15.9 Å². The molecule has 0 saturated heterocycles. The molecule has 4 nitrogen and oxygen atoms in total. The Morgan fingerprint density at radius 2 is 2.15 bits per heavy atom. The van der Waals surface area contributed by atoms with Crippen LogP contribution < -0.4 is 10.5 Å². The van der Waals surface area contributed by atoms with Gasteiger partial charge in [0.1, 0.15) is 11.3 Å². The summed E-state index contributed by atoms with van der Waals surface area (Å²) in [7, 11) is 1.41. The molecule has 0 aliphatic heterocycles. The summed E-state index contributed by atoms with van der Waals surface area (Å²) in [6.07, 6.45) is 0. The maximum Gasteiger partial charge on any atom is 0.341 e. The van der Waals surface area contributed by atoms with Crippen molar-refractivity contribution < 1.29 is 14.6 Å². The molecular formula is C9H11NO3. The topological polar surface area (TPSA) is 72.5 Å². The fourth-order valence-corrected chi connectivity index (χ4v) is 1.09. The number of carboxylic acids is 1. The second-order valence-electron chi connectivity index (χ2n) is 2.68. The van der Waals surface area contributed by atoms with Crippen LogP contribution in [0.2, 0.25) is 0 Å². The monoisotopic (exact) mass is 181 g/mol. The number of nitrogen functional groups attached to an aromatic ring is 1. The van der Waals surface area contributed by atoms with Crippen LogP contribution in [-0.4, -0.2) is 18.2 Å². The molecule has 0 aromatic heterocycles. The molecule has 0 radical (unpaired) electrons. The number of aromatic carboxylic acids is 1. The quantitative estimate of drug-likeness (QED) is 0.674. The summed E-state index contributed by atoms with van der Waals surface area (Å²) in [4.78, 5) is 10.8. The fraction of sp³-hybridized carbons (Fsp3) is 0.222. The summed E-state index contributed by atoms with van der Waals surface area (Å²) >= 11 is 0. The predicted molar refractivity (Wildman–Crippen MR) is 49.1 cm³/mol. The standard InChI is InChI=1S/C9H11NO3/c1-5-3-4-6(13-2)7(8(5)10)9(11)12/h3-4H,10H2,1-2H3,(H,11,12). The van der Waals surface area contributed by atoms with Crippen LogP contribution in [0.4, 0.5) is 5.69 Å². The first-order valence-corrected chi connectivity index (χ1v) is 3.74. The van der Waals surface area contributed by atoms with E-state index >= 15 is 0 Å². The maximum absolute atomic E-state index is 10.8. The Hall–Kier alpha value is -1.71. The summed E-state index contributed by atoms with van der Waals surface area (Å²) in [5.74, 6) is -0.784. The molecule has 1 rings (SSSR count). The van der Waals surface area contributed by atoms with E-state index in [1.807, 2.05) is 0 Å². The van der Waals surface area contributed by atoms with Gasteiger partial charge in [-0.2, -0.15) is 0 Å². The summed E-state index contributed by atoms with van der Waals surface area (Å²) < 4.78 is 4.88. The van der Waals surface area contributed by atoms with E-state index in [4.69, 9.17) is 15.6 Å². The van der Waals surface area contributed by atoms with Crippen LogP contribution in [0, 0.1) is 6.92 Å². The minimum atomic E-state index is -1.07. The van der Waals surface area contributed by atoms with E-state index in [0.717, 1.165) is 5.56 Å². The number of carboxylic acid groups (broad SMARTS) is 1. The minimum Gasteiger partial charge on any atom is -0.496 e. The van der Waals surface area contributed by atoms with Crippen molar-refractivity contribution in [1.29, 1.82) is 0 Å². The third-order valence-corrected chi connectivity index (χ3v) is 1.86. The molecule has 13 heavy (non-hydrogen) atoms. The van der Waals surface area contributed by atoms with Crippen molar-refractivity contribution in [2.24, 2.45) is 0 Å². The van der Waals surface area contributed by atoms with Gasteiger partial charge in [-0.25, -0.2) is 4.79 Å². The van der Waals surface area contributed by atoms with Gasteiger partial charge in [0.25, 0.3) is 0 Å². The molecule has 0 bridgehead atoms. The molecule has 0 unspecified atom stereocenters. The van der Waals surface area contributed by atoms with Gasteiger partial charge in [-0.15, -0.1) is 0 Å². The summed E-state index contributed by atoms with van der Waals surface area (Å²) in [6, 6.07) is 3.32. The number of hydrogen-bond donors (Lipinski definition) is 2. The summed E-state index contributed by atoms with van der Waals surface area (Å²) in [6.45, 7) is 1.75. The Labute approximate surface area is 75.9 Å². The molecule has 0 amide bonds. The van der Waals surface area contributed by atoms with Gasteiger partial charge in [-0.05, 0) is 18.6 Å². The number of carbonyl (C=O) groups is 1. The van der Waals surface area contributed by atoms with Gasteiger partial charge in [-0.1, -0.05) is 6.07 Å². The zero-order valence-corrected chi connectivity index (χ0v) is 7.50. The van der Waals surface area contributed by atoms with Gasteiger partial charge in [0.15, 0.2) is 0 Å². The highest BCUT2D eigenvalue weighted by Crippen LogP contribution is 2.26. The largest absolute Gasteiger partial charge is 0.496 e. The van der Waals surface area contributed by atoms with E-state index in [-0.39, 0.29) is 17.0 Å². The smallest absolute Gasteiger partial charge is 0.341 e. The molecule has 70 valence electrons. The average Bonchev–Trinajstić information content (AvgIpc) is 2.08. The van der Waals surface area contributed by atoms with Crippen molar-refractivity contribution >= 4 is 11.7 Å². The van der Waals surface area contributed by atoms with Gasteiger partial charge in [-0.3, -0.25) is 0 Å². The lowest BCUT2D eigenvalue weighted by Gasteiger charge is -2.09. The number of benzene rings is 1. The number of ether oxygens (including phenoxy) is 1. The van der Waals surface area contributed by atoms with Gasteiger partial charge < -0.3 is 15.6 Å². The maximum atomic E-state index is 10.8. The molecule has 1 aromatic carbocycles. The van der Waals surface area contributed by atoms with Crippen LogP contribution in [0.3, 0.4) is 0 Å². The second kappa shape index (κ2) is 3.35. The van der Waals surface area contributed by atoms with Gasteiger partial charge in [0.2, 0.25) is 0 Å². The highest BCUT2D eigenvalue weighted by molar-refractivity contribution is 5.97. The molecule has 0 atom stereocenters. The molecule has 1 aromatic rings. The third kappa shape index (κ3) is 1.56. The van der Waals surface area contributed by atoms with E-state index in [0.29, 0.717) is 0 Å². The molecule has 4 heteroatoms. The van der Waals surface area contributed by atoms with Crippen LogP contribution in [-0.2, 0) is 0 Å². The van der Waals surface area contributed by atoms with Crippen molar-refractivity contribution in [3.8, 4) is 5.75 Å².